The number of amides is 1. The molecule has 0 saturated carbocycles. The number of nitrogens with one attached hydrogen (secondary N) is 1. The average Bonchev–Trinajstić information content (AvgIpc) is 3.26. The van der Waals surface area contributed by atoms with Gasteiger partial charge in [-0.1, -0.05) is 0 Å². The Hall–Kier alpha value is -0.673. The van der Waals surface area contributed by atoms with Gasteiger partial charge in [0.2, 0.25) is 0 Å². The Labute approximate surface area is 127 Å². The number of epoxide rings is 1. The molecule has 0 radical (unpaired) electrons. The van der Waals surface area contributed by atoms with E-state index in [0.717, 1.165) is 6.42 Å². The lowest BCUT2D eigenvalue weighted by atomic mass is 10.5. The lowest BCUT2D eigenvalue weighted by Crippen LogP contribution is -2.46. The van der Waals surface area contributed by atoms with Crippen molar-refractivity contribution < 1.29 is 27.5 Å². The zero-order chi connectivity index (χ0) is 15.6. The predicted octanol–water partition coefficient (Wildman–Crippen LogP) is 1.55. The fraction of sp³-hybridized carbons (Fsp3) is 0.923. The maximum atomic E-state index is 11.4. The standard InChI is InChI=1S/C13H27NO6Si/c1-4-18-21(19-5-2,20-6-3)9-7-8-14-13(15)17-11-12-10-16-12/h12H,4-11H2,1-3H3,(H,14,15). The molecule has 124 valence electrons. The molecule has 1 rings (SSSR count). The van der Waals surface area contributed by atoms with Crippen molar-refractivity contribution in [2.24, 2.45) is 0 Å². The van der Waals surface area contributed by atoms with Crippen LogP contribution in [0.2, 0.25) is 6.04 Å². The Balaban J connectivity index is 2.22. The molecule has 1 unspecified atom stereocenters. The minimum atomic E-state index is -2.61. The Morgan fingerprint density at radius 3 is 2.24 bits per heavy atom. The summed E-state index contributed by atoms with van der Waals surface area (Å²) in [5.41, 5.74) is 0. The minimum Gasteiger partial charge on any atom is -0.447 e. The molecule has 1 aliphatic heterocycles. The molecule has 1 saturated heterocycles. The van der Waals surface area contributed by atoms with Crippen LogP contribution in [0.25, 0.3) is 0 Å². The SMILES string of the molecule is CCO[Si](CCCNC(=O)OCC1CO1)(OCC)OCC. The normalized spacial score (nSPS) is 17.6. The van der Waals surface area contributed by atoms with Gasteiger partial charge in [-0.15, -0.1) is 0 Å². The number of carbonyl (C=O) groups excluding carboxylic acids is 1. The van der Waals surface area contributed by atoms with Gasteiger partial charge in [0.05, 0.1) is 6.61 Å². The van der Waals surface area contributed by atoms with Crippen LogP contribution >= 0.6 is 0 Å². The second-order valence-electron chi connectivity index (χ2n) is 4.57. The maximum absolute atomic E-state index is 11.4. The first kappa shape index (κ1) is 18.4. The molecular weight excluding hydrogens is 294 g/mol. The fourth-order valence-corrected chi connectivity index (χ4v) is 4.49. The second kappa shape index (κ2) is 10.1. The monoisotopic (exact) mass is 321 g/mol. The van der Waals surface area contributed by atoms with Gasteiger partial charge in [0.25, 0.3) is 0 Å². The van der Waals surface area contributed by atoms with Gasteiger partial charge in [-0.25, -0.2) is 4.79 Å². The molecule has 0 aromatic heterocycles. The first-order valence-corrected chi connectivity index (χ1v) is 9.53. The van der Waals surface area contributed by atoms with Crippen LogP contribution in [0.1, 0.15) is 27.2 Å². The number of rotatable bonds is 12. The quantitative estimate of drug-likeness (QED) is 0.334. The van der Waals surface area contributed by atoms with E-state index in [1.165, 1.54) is 0 Å². The van der Waals surface area contributed by atoms with Crippen LogP contribution in [0, 0.1) is 0 Å². The van der Waals surface area contributed by atoms with Crippen molar-refractivity contribution in [2.45, 2.75) is 39.3 Å². The maximum Gasteiger partial charge on any atom is 0.500 e. The van der Waals surface area contributed by atoms with E-state index in [-0.39, 0.29) is 6.10 Å². The Bertz CT molecular complexity index is 283. The molecule has 1 atom stereocenters. The second-order valence-corrected chi connectivity index (χ2v) is 7.30. The summed E-state index contributed by atoms with van der Waals surface area (Å²) in [6.07, 6.45) is 0.396. The van der Waals surface area contributed by atoms with Gasteiger partial charge in [0.1, 0.15) is 12.7 Å². The molecule has 0 bridgehead atoms. The summed E-state index contributed by atoms with van der Waals surface area (Å²) in [6.45, 7) is 8.96. The molecule has 1 heterocycles. The van der Waals surface area contributed by atoms with E-state index in [9.17, 15) is 4.79 Å². The van der Waals surface area contributed by atoms with Gasteiger partial charge < -0.3 is 28.1 Å². The molecular formula is C13H27NO6Si. The summed E-state index contributed by atoms with van der Waals surface area (Å²) in [6, 6.07) is 0.675. The van der Waals surface area contributed by atoms with E-state index >= 15 is 0 Å². The van der Waals surface area contributed by atoms with Gasteiger partial charge in [-0.05, 0) is 27.2 Å². The summed E-state index contributed by atoms with van der Waals surface area (Å²) in [5, 5.41) is 2.70. The van der Waals surface area contributed by atoms with Gasteiger partial charge >= 0.3 is 14.9 Å². The molecule has 1 N–H and O–H groups in total. The van der Waals surface area contributed by atoms with Crippen molar-refractivity contribution in [3.63, 3.8) is 0 Å². The number of hydrogen-bond donors (Lipinski definition) is 1. The number of carbonyl (C=O) groups is 1. The summed E-state index contributed by atoms with van der Waals surface area (Å²) in [5.74, 6) is 0. The molecule has 1 fully saturated rings. The van der Waals surface area contributed by atoms with Gasteiger partial charge in [-0.3, -0.25) is 0 Å². The Morgan fingerprint density at radius 2 is 1.76 bits per heavy atom. The van der Waals surface area contributed by atoms with E-state index in [1.54, 1.807) is 0 Å². The molecule has 0 aromatic carbocycles. The highest BCUT2D eigenvalue weighted by molar-refractivity contribution is 6.60. The topological polar surface area (TPSA) is 78.6 Å². The largest absolute Gasteiger partial charge is 0.500 e. The number of ether oxygens (including phenoxy) is 2. The molecule has 0 aliphatic carbocycles. The van der Waals surface area contributed by atoms with Crippen molar-refractivity contribution in [3.8, 4) is 0 Å². The van der Waals surface area contributed by atoms with Gasteiger partial charge in [0.15, 0.2) is 0 Å². The molecule has 1 amide bonds. The summed E-state index contributed by atoms with van der Waals surface area (Å²) in [7, 11) is -2.61. The van der Waals surface area contributed by atoms with Gasteiger partial charge in [0, 0.05) is 32.4 Å². The Morgan fingerprint density at radius 1 is 1.19 bits per heavy atom. The first-order valence-electron chi connectivity index (χ1n) is 7.59. The van der Waals surface area contributed by atoms with Crippen LogP contribution in [-0.2, 0) is 22.8 Å². The number of alkyl carbamates (subject to hydrolysis) is 1. The van der Waals surface area contributed by atoms with Crippen LogP contribution in [0.5, 0.6) is 0 Å². The summed E-state index contributed by atoms with van der Waals surface area (Å²) >= 11 is 0. The lowest BCUT2D eigenvalue weighted by Gasteiger charge is -2.28. The molecule has 8 heteroatoms. The number of hydrogen-bond acceptors (Lipinski definition) is 6. The van der Waals surface area contributed by atoms with Crippen LogP contribution in [0.15, 0.2) is 0 Å². The highest BCUT2D eigenvalue weighted by Gasteiger charge is 2.39. The Kier molecular flexibility index (Phi) is 8.86. The van der Waals surface area contributed by atoms with Crippen LogP contribution in [0.4, 0.5) is 4.79 Å². The molecule has 0 spiro atoms. The van der Waals surface area contributed by atoms with Crippen molar-refractivity contribution in [1.29, 1.82) is 0 Å². The molecule has 1 aliphatic rings. The average molecular weight is 321 g/mol. The third kappa shape index (κ3) is 7.77. The van der Waals surface area contributed by atoms with Crippen molar-refractivity contribution >= 4 is 14.9 Å². The third-order valence-electron chi connectivity index (χ3n) is 2.82. The van der Waals surface area contributed by atoms with Gasteiger partial charge in [-0.2, -0.15) is 0 Å². The lowest BCUT2D eigenvalue weighted by molar-refractivity contribution is 0.0706. The van der Waals surface area contributed by atoms with Crippen LogP contribution in [0.3, 0.4) is 0 Å². The summed E-state index contributed by atoms with van der Waals surface area (Å²) < 4.78 is 27.2. The predicted molar refractivity (Wildman–Crippen MR) is 79.1 cm³/mol. The van der Waals surface area contributed by atoms with Crippen molar-refractivity contribution in [3.05, 3.63) is 0 Å². The first-order chi connectivity index (χ1) is 10.2. The van der Waals surface area contributed by atoms with E-state index in [0.29, 0.717) is 45.6 Å². The smallest absolute Gasteiger partial charge is 0.447 e. The zero-order valence-corrected chi connectivity index (χ0v) is 14.2. The van der Waals surface area contributed by atoms with E-state index in [4.69, 9.17) is 22.8 Å². The highest BCUT2D eigenvalue weighted by Crippen LogP contribution is 2.17. The van der Waals surface area contributed by atoms with E-state index in [2.05, 4.69) is 5.32 Å². The van der Waals surface area contributed by atoms with Crippen molar-refractivity contribution in [2.75, 3.05) is 39.6 Å². The summed E-state index contributed by atoms with van der Waals surface area (Å²) in [4.78, 5) is 11.4. The highest BCUT2D eigenvalue weighted by atomic mass is 28.4. The third-order valence-corrected chi connectivity index (χ3v) is 5.98. The fourth-order valence-electron chi connectivity index (χ4n) is 1.88. The van der Waals surface area contributed by atoms with Crippen LogP contribution < -0.4 is 5.32 Å². The minimum absolute atomic E-state index is 0.0877. The molecule has 0 aromatic rings. The van der Waals surface area contributed by atoms with Crippen molar-refractivity contribution in [1.82, 2.24) is 5.32 Å². The molecule has 7 nitrogen and oxygen atoms in total. The zero-order valence-electron chi connectivity index (χ0n) is 13.2. The molecule has 21 heavy (non-hydrogen) atoms. The van der Waals surface area contributed by atoms with Crippen LogP contribution in [-0.4, -0.2) is 60.6 Å². The van der Waals surface area contributed by atoms with E-state index < -0.39 is 14.9 Å². The van der Waals surface area contributed by atoms with E-state index in [1.807, 2.05) is 20.8 Å².